The lowest BCUT2D eigenvalue weighted by Gasteiger charge is -2.09. The Morgan fingerprint density at radius 1 is 1.16 bits per heavy atom. The molecule has 0 radical (unpaired) electrons. The molecular formula is C15H17FN2O. The van der Waals surface area contributed by atoms with Gasteiger partial charge in [-0.25, -0.2) is 9.37 Å². The number of ether oxygens (including phenoxy) is 1. The van der Waals surface area contributed by atoms with E-state index in [2.05, 4.69) is 24.1 Å². The maximum atomic E-state index is 12.8. The second-order valence-corrected chi connectivity index (χ2v) is 4.56. The zero-order valence-electron chi connectivity index (χ0n) is 11.1. The summed E-state index contributed by atoms with van der Waals surface area (Å²) in [6.07, 6.45) is 0. The summed E-state index contributed by atoms with van der Waals surface area (Å²) in [5.41, 5.74) is 0.910. The predicted molar refractivity (Wildman–Crippen MR) is 72.7 cm³/mol. The van der Waals surface area contributed by atoms with Crippen molar-refractivity contribution in [2.24, 2.45) is 0 Å². The normalized spacial score (nSPS) is 10.7. The SMILES string of the molecule is CC(C)NCc1cccc(Oc2ccc(F)cc2)n1. The molecule has 0 aliphatic carbocycles. The number of nitrogens with zero attached hydrogens (tertiary/aromatic N) is 1. The maximum absolute atomic E-state index is 12.8. The van der Waals surface area contributed by atoms with Crippen LogP contribution in [0.15, 0.2) is 42.5 Å². The van der Waals surface area contributed by atoms with E-state index in [9.17, 15) is 4.39 Å². The number of pyridine rings is 1. The summed E-state index contributed by atoms with van der Waals surface area (Å²) in [7, 11) is 0. The highest BCUT2D eigenvalue weighted by atomic mass is 19.1. The van der Waals surface area contributed by atoms with Crippen LogP contribution in [-0.2, 0) is 6.54 Å². The van der Waals surface area contributed by atoms with Crippen LogP contribution in [0.3, 0.4) is 0 Å². The first-order valence-corrected chi connectivity index (χ1v) is 6.26. The molecule has 1 aromatic carbocycles. The van der Waals surface area contributed by atoms with Crippen molar-refractivity contribution >= 4 is 0 Å². The first-order chi connectivity index (χ1) is 9.13. The van der Waals surface area contributed by atoms with E-state index in [4.69, 9.17) is 4.74 Å². The molecule has 19 heavy (non-hydrogen) atoms. The van der Waals surface area contributed by atoms with Crippen molar-refractivity contribution in [2.45, 2.75) is 26.4 Å². The van der Waals surface area contributed by atoms with Crippen LogP contribution in [0, 0.1) is 5.82 Å². The largest absolute Gasteiger partial charge is 0.439 e. The average molecular weight is 260 g/mol. The predicted octanol–water partition coefficient (Wildman–Crippen LogP) is 3.51. The molecule has 0 saturated heterocycles. The van der Waals surface area contributed by atoms with Crippen molar-refractivity contribution in [1.29, 1.82) is 0 Å². The maximum Gasteiger partial charge on any atom is 0.219 e. The molecule has 1 aromatic heterocycles. The quantitative estimate of drug-likeness (QED) is 0.893. The molecule has 100 valence electrons. The van der Waals surface area contributed by atoms with Gasteiger partial charge in [0.05, 0.1) is 5.69 Å². The molecule has 0 atom stereocenters. The third-order valence-electron chi connectivity index (χ3n) is 2.51. The third kappa shape index (κ3) is 4.34. The molecule has 0 spiro atoms. The fourth-order valence-electron chi connectivity index (χ4n) is 1.54. The Morgan fingerprint density at radius 3 is 2.58 bits per heavy atom. The highest BCUT2D eigenvalue weighted by molar-refractivity contribution is 5.27. The molecule has 0 saturated carbocycles. The van der Waals surface area contributed by atoms with Crippen LogP contribution in [-0.4, -0.2) is 11.0 Å². The van der Waals surface area contributed by atoms with Crippen molar-refractivity contribution in [3.05, 3.63) is 54.0 Å². The minimum Gasteiger partial charge on any atom is -0.439 e. The van der Waals surface area contributed by atoms with E-state index >= 15 is 0 Å². The topological polar surface area (TPSA) is 34.1 Å². The summed E-state index contributed by atoms with van der Waals surface area (Å²) in [5.74, 6) is 0.799. The van der Waals surface area contributed by atoms with E-state index in [0.717, 1.165) is 5.69 Å². The molecular weight excluding hydrogens is 243 g/mol. The molecule has 2 aromatic rings. The lowest BCUT2D eigenvalue weighted by molar-refractivity contribution is 0.456. The number of hydrogen-bond donors (Lipinski definition) is 1. The monoisotopic (exact) mass is 260 g/mol. The molecule has 0 unspecified atom stereocenters. The molecule has 3 nitrogen and oxygen atoms in total. The first-order valence-electron chi connectivity index (χ1n) is 6.26. The van der Waals surface area contributed by atoms with Crippen molar-refractivity contribution in [3.8, 4) is 11.6 Å². The molecule has 1 N–H and O–H groups in total. The second-order valence-electron chi connectivity index (χ2n) is 4.56. The average Bonchev–Trinajstić information content (AvgIpc) is 2.40. The minimum atomic E-state index is -0.282. The Labute approximate surface area is 112 Å². The number of hydrogen-bond acceptors (Lipinski definition) is 3. The van der Waals surface area contributed by atoms with Gasteiger partial charge in [0.15, 0.2) is 0 Å². The molecule has 0 aliphatic rings. The lowest BCUT2D eigenvalue weighted by Crippen LogP contribution is -2.22. The molecule has 0 aliphatic heterocycles. The summed E-state index contributed by atoms with van der Waals surface area (Å²) >= 11 is 0. The molecule has 1 heterocycles. The zero-order chi connectivity index (χ0) is 13.7. The Balaban J connectivity index is 2.04. The molecule has 0 bridgehead atoms. The second kappa shape index (κ2) is 6.29. The van der Waals surface area contributed by atoms with Gasteiger partial charge in [-0.3, -0.25) is 0 Å². The van der Waals surface area contributed by atoms with Gasteiger partial charge in [0, 0.05) is 18.7 Å². The van der Waals surface area contributed by atoms with Crippen molar-refractivity contribution < 1.29 is 9.13 Å². The van der Waals surface area contributed by atoms with Crippen LogP contribution in [0.25, 0.3) is 0 Å². The smallest absolute Gasteiger partial charge is 0.219 e. The van der Waals surface area contributed by atoms with Crippen LogP contribution >= 0.6 is 0 Å². The number of nitrogens with one attached hydrogen (secondary N) is 1. The molecule has 2 rings (SSSR count). The van der Waals surface area contributed by atoms with Crippen LogP contribution in [0.5, 0.6) is 11.6 Å². The van der Waals surface area contributed by atoms with Gasteiger partial charge in [0.2, 0.25) is 5.88 Å². The van der Waals surface area contributed by atoms with Gasteiger partial charge in [0.25, 0.3) is 0 Å². The van der Waals surface area contributed by atoms with E-state index in [1.54, 1.807) is 18.2 Å². The van der Waals surface area contributed by atoms with E-state index < -0.39 is 0 Å². The van der Waals surface area contributed by atoms with Gasteiger partial charge >= 0.3 is 0 Å². The summed E-state index contributed by atoms with van der Waals surface area (Å²) < 4.78 is 18.4. The van der Waals surface area contributed by atoms with Gasteiger partial charge in [-0.2, -0.15) is 0 Å². The summed E-state index contributed by atoms with van der Waals surface area (Å²) in [6, 6.07) is 11.9. The van der Waals surface area contributed by atoms with Crippen molar-refractivity contribution in [2.75, 3.05) is 0 Å². The lowest BCUT2D eigenvalue weighted by atomic mass is 10.3. The Morgan fingerprint density at radius 2 is 1.89 bits per heavy atom. The van der Waals surface area contributed by atoms with Crippen molar-refractivity contribution in [1.82, 2.24) is 10.3 Å². The van der Waals surface area contributed by atoms with Crippen molar-refractivity contribution in [3.63, 3.8) is 0 Å². The van der Waals surface area contributed by atoms with Gasteiger partial charge in [-0.1, -0.05) is 19.9 Å². The Hall–Kier alpha value is -1.94. The van der Waals surface area contributed by atoms with Crippen LogP contribution in [0.1, 0.15) is 19.5 Å². The highest BCUT2D eigenvalue weighted by Crippen LogP contribution is 2.19. The number of rotatable bonds is 5. The standard InChI is InChI=1S/C15H17FN2O/c1-11(2)17-10-13-4-3-5-15(18-13)19-14-8-6-12(16)7-9-14/h3-9,11,17H,10H2,1-2H3. The fraction of sp³-hybridized carbons (Fsp3) is 0.267. The van der Waals surface area contributed by atoms with Crippen LogP contribution in [0.4, 0.5) is 4.39 Å². The van der Waals surface area contributed by atoms with E-state index in [1.165, 1.54) is 12.1 Å². The fourth-order valence-corrected chi connectivity index (χ4v) is 1.54. The zero-order valence-corrected chi connectivity index (χ0v) is 11.1. The first kappa shape index (κ1) is 13.5. The summed E-state index contributed by atoms with van der Waals surface area (Å²) in [4.78, 5) is 4.38. The van der Waals surface area contributed by atoms with Crippen LogP contribution < -0.4 is 10.1 Å². The summed E-state index contributed by atoms with van der Waals surface area (Å²) in [6.45, 7) is 4.86. The van der Waals surface area contributed by atoms with Gasteiger partial charge in [-0.15, -0.1) is 0 Å². The Kier molecular flexibility index (Phi) is 4.47. The molecule has 0 fully saturated rings. The molecule has 4 heteroatoms. The summed E-state index contributed by atoms with van der Waals surface area (Å²) in [5, 5.41) is 3.29. The van der Waals surface area contributed by atoms with E-state index in [-0.39, 0.29) is 5.82 Å². The molecule has 0 amide bonds. The van der Waals surface area contributed by atoms with E-state index in [0.29, 0.717) is 24.2 Å². The van der Waals surface area contributed by atoms with Gasteiger partial charge in [0.1, 0.15) is 11.6 Å². The third-order valence-corrected chi connectivity index (χ3v) is 2.51. The highest BCUT2D eigenvalue weighted by Gasteiger charge is 2.02. The van der Waals surface area contributed by atoms with Gasteiger partial charge < -0.3 is 10.1 Å². The number of benzene rings is 1. The van der Waals surface area contributed by atoms with Crippen LogP contribution in [0.2, 0.25) is 0 Å². The Bertz CT molecular complexity index is 526. The number of halogens is 1. The number of aromatic nitrogens is 1. The minimum absolute atomic E-state index is 0.282. The van der Waals surface area contributed by atoms with E-state index in [1.807, 2.05) is 12.1 Å². The van der Waals surface area contributed by atoms with Gasteiger partial charge in [-0.05, 0) is 30.3 Å².